The number of likely N-dealkylation sites (tertiary alicyclic amines) is 1. The van der Waals surface area contributed by atoms with Crippen LogP contribution in [-0.4, -0.2) is 59.7 Å². The fourth-order valence-electron chi connectivity index (χ4n) is 3.20. The molecular formula is C19H26BN3O5. The van der Waals surface area contributed by atoms with Gasteiger partial charge in [-0.2, -0.15) is 5.26 Å². The van der Waals surface area contributed by atoms with E-state index in [9.17, 15) is 19.6 Å². The Morgan fingerprint density at radius 3 is 2.75 bits per heavy atom. The molecule has 0 spiro atoms. The molecule has 2 amide bonds. The maximum Gasteiger partial charge on any atom is 0.475 e. The molecule has 1 aromatic carbocycles. The van der Waals surface area contributed by atoms with Crippen LogP contribution in [0.1, 0.15) is 30.4 Å². The maximum absolute atomic E-state index is 12.1. The molecule has 0 saturated carbocycles. The minimum atomic E-state index is -1.72. The van der Waals surface area contributed by atoms with Crippen molar-refractivity contribution in [2.24, 2.45) is 5.92 Å². The average Bonchev–Trinajstić information content (AvgIpc) is 2.68. The minimum absolute atomic E-state index is 0.00302. The third-order valence-corrected chi connectivity index (χ3v) is 4.79. The van der Waals surface area contributed by atoms with Crippen LogP contribution in [0, 0.1) is 24.2 Å². The predicted molar refractivity (Wildman–Crippen MR) is 103 cm³/mol. The van der Waals surface area contributed by atoms with E-state index in [1.807, 2.05) is 37.3 Å². The third kappa shape index (κ3) is 6.87. The number of aryl methyl sites for hydroxylation is 1. The fourth-order valence-corrected chi connectivity index (χ4v) is 3.20. The van der Waals surface area contributed by atoms with Crippen LogP contribution in [0.5, 0.6) is 0 Å². The van der Waals surface area contributed by atoms with Crippen molar-refractivity contribution in [2.45, 2.75) is 38.5 Å². The molecule has 1 aliphatic heterocycles. The average molecular weight is 387 g/mol. The number of amides is 2. The topological polar surface area (TPSA) is 123 Å². The van der Waals surface area contributed by atoms with Gasteiger partial charge in [0.2, 0.25) is 5.91 Å². The molecule has 0 aromatic heterocycles. The molecule has 0 unspecified atom stereocenters. The van der Waals surface area contributed by atoms with E-state index in [0.29, 0.717) is 13.1 Å². The summed E-state index contributed by atoms with van der Waals surface area (Å²) in [5.41, 5.74) is 1.95. The summed E-state index contributed by atoms with van der Waals surface area (Å²) in [4.78, 5) is 25.5. The molecule has 0 bridgehead atoms. The van der Waals surface area contributed by atoms with E-state index in [0.717, 1.165) is 24.0 Å². The number of alkyl carbamates (subject to hydrolysis) is 1. The summed E-state index contributed by atoms with van der Waals surface area (Å²) in [5, 5.41) is 30.2. The summed E-state index contributed by atoms with van der Waals surface area (Å²) in [6.07, 6.45) is 0.985. The molecule has 1 fully saturated rings. The second-order valence-corrected chi connectivity index (χ2v) is 7.14. The van der Waals surface area contributed by atoms with Crippen LogP contribution in [0.25, 0.3) is 0 Å². The van der Waals surface area contributed by atoms with Crippen molar-refractivity contribution in [2.75, 3.05) is 19.7 Å². The van der Waals surface area contributed by atoms with Gasteiger partial charge in [-0.05, 0) is 31.7 Å². The van der Waals surface area contributed by atoms with Gasteiger partial charge >= 0.3 is 13.2 Å². The monoisotopic (exact) mass is 387 g/mol. The Morgan fingerprint density at radius 1 is 1.39 bits per heavy atom. The summed E-state index contributed by atoms with van der Waals surface area (Å²) < 4.78 is 5.23. The third-order valence-electron chi connectivity index (χ3n) is 4.79. The number of nitrogens with one attached hydrogen (secondary N) is 1. The van der Waals surface area contributed by atoms with Gasteiger partial charge in [-0.1, -0.05) is 29.8 Å². The number of piperidine rings is 1. The number of benzene rings is 1. The van der Waals surface area contributed by atoms with E-state index in [4.69, 9.17) is 10.00 Å². The summed E-state index contributed by atoms with van der Waals surface area (Å²) >= 11 is 0. The highest BCUT2D eigenvalue weighted by atomic mass is 16.5. The Bertz CT molecular complexity index is 705. The maximum atomic E-state index is 12.1. The normalized spacial score (nSPS) is 17.4. The minimum Gasteiger partial charge on any atom is -0.449 e. The van der Waals surface area contributed by atoms with Gasteiger partial charge in [-0.25, -0.2) is 4.79 Å². The smallest absolute Gasteiger partial charge is 0.449 e. The van der Waals surface area contributed by atoms with Crippen molar-refractivity contribution in [3.8, 4) is 6.07 Å². The zero-order valence-corrected chi connectivity index (χ0v) is 16.0. The van der Waals surface area contributed by atoms with Crippen LogP contribution in [0.15, 0.2) is 24.3 Å². The largest absolute Gasteiger partial charge is 0.475 e. The molecule has 3 N–H and O–H groups in total. The van der Waals surface area contributed by atoms with Crippen LogP contribution in [0.3, 0.4) is 0 Å². The molecule has 1 aliphatic rings. The Kier molecular flexibility index (Phi) is 8.29. The first-order valence-electron chi connectivity index (χ1n) is 9.38. The van der Waals surface area contributed by atoms with Gasteiger partial charge in [-0.3, -0.25) is 4.79 Å². The number of rotatable bonds is 7. The van der Waals surface area contributed by atoms with Gasteiger partial charge in [0.15, 0.2) is 0 Å². The molecule has 1 heterocycles. The number of hydrogen-bond acceptors (Lipinski definition) is 6. The Balaban J connectivity index is 1.81. The van der Waals surface area contributed by atoms with Crippen molar-refractivity contribution in [1.82, 2.24) is 10.2 Å². The molecule has 9 heteroatoms. The number of ether oxygens (including phenoxy) is 1. The highest BCUT2D eigenvalue weighted by Gasteiger charge is 2.28. The number of nitriles is 1. The van der Waals surface area contributed by atoms with Crippen LogP contribution >= 0.6 is 0 Å². The van der Waals surface area contributed by atoms with E-state index >= 15 is 0 Å². The zero-order valence-electron chi connectivity index (χ0n) is 16.0. The van der Waals surface area contributed by atoms with Gasteiger partial charge in [0.1, 0.15) is 6.42 Å². The Hall–Kier alpha value is -2.57. The van der Waals surface area contributed by atoms with Crippen molar-refractivity contribution < 1.29 is 24.4 Å². The van der Waals surface area contributed by atoms with Crippen molar-refractivity contribution in [3.05, 3.63) is 35.4 Å². The molecule has 0 aliphatic carbocycles. The summed E-state index contributed by atoms with van der Waals surface area (Å²) in [6.45, 7) is 3.14. The predicted octanol–water partition coefficient (Wildman–Crippen LogP) is 0.797. The molecule has 150 valence electrons. The highest BCUT2D eigenvalue weighted by molar-refractivity contribution is 6.43. The van der Waals surface area contributed by atoms with Crippen molar-refractivity contribution in [1.29, 1.82) is 5.26 Å². The second kappa shape index (κ2) is 10.7. The van der Waals surface area contributed by atoms with Crippen LogP contribution in [0.4, 0.5) is 4.79 Å². The number of carbonyl (C=O) groups is 2. The first-order valence-corrected chi connectivity index (χ1v) is 9.38. The Labute approximate surface area is 165 Å². The summed E-state index contributed by atoms with van der Waals surface area (Å²) in [5.74, 6) is -1.11. The van der Waals surface area contributed by atoms with Crippen molar-refractivity contribution >= 4 is 19.1 Å². The molecule has 0 radical (unpaired) electrons. The quantitative estimate of drug-likeness (QED) is 0.595. The van der Waals surface area contributed by atoms with Crippen LogP contribution < -0.4 is 5.32 Å². The molecule has 2 atom stereocenters. The van der Waals surface area contributed by atoms with Crippen LogP contribution in [0.2, 0.25) is 0 Å². The number of carbonyl (C=O) groups excluding carboxylic acids is 2. The lowest BCUT2D eigenvalue weighted by Crippen LogP contribution is -2.48. The zero-order chi connectivity index (χ0) is 20.5. The summed E-state index contributed by atoms with van der Waals surface area (Å²) in [6, 6.07) is 9.41. The SMILES string of the molecule is Cc1ccc(C[C@H](NC(=O)OC[C@H]2CCCN(C(=O)CC#N)C2)B(O)O)cc1. The van der Waals surface area contributed by atoms with Gasteiger partial charge in [0.25, 0.3) is 0 Å². The first kappa shape index (κ1) is 21.7. The standard InChI is InChI=1S/C19H26BN3O5/c1-14-4-6-15(7-5-14)11-17(20(26)27)22-19(25)28-13-16-3-2-10-23(12-16)18(24)8-9-21/h4-7,16-17,26-27H,2-3,8,10-13H2,1H3,(H,22,25)/t16-,17-/m0/s1. The molecule has 8 nitrogen and oxygen atoms in total. The fraction of sp³-hybridized carbons (Fsp3) is 0.526. The molecule has 1 saturated heterocycles. The van der Waals surface area contributed by atoms with Gasteiger partial charge in [0, 0.05) is 19.0 Å². The van der Waals surface area contributed by atoms with Gasteiger partial charge in [-0.15, -0.1) is 0 Å². The Morgan fingerprint density at radius 2 is 2.11 bits per heavy atom. The lowest BCUT2D eigenvalue weighted by Gasteiger charge is -2.32. The molecular weight excluding hydrogens is 361 g/mol. The molecule has 28 heavy (non-hydrogen) atoms. The molecule has 2 rings (SSSR count). The summed E-state index contributed by atoms with van der Waals surface area (Å²) in [7, 11) is -1.72. The van der Waals surface area contributed by atoms with Crippen LogP contribution in [-0.2, 0) is 16.0 Å². The van der Waals surface area contributed by atoms with Crippen molar-refractivity contribution in [3.63, 3.8) is 0 Å². The number of nitrogens with zero attached hydrogens (tertiary/aromatic N) is 2. The lowest BCUT2D eigenvalue weighted by molar-refractivity contribution is -0.132. The van der Waals surface area contributed by atoms with Gasteiger partial charge in [0.05, 0.1) is 18.6 Å². The second-order valence-electron chi connectivity index (χ2n) is 7.14. The van der Waals surface area contributed by atoms with E-state index in [2.05, 4.69) is 5.32 Å². The molecule has 1 aromatic rings. The van der Waals surface area contributed by atoms with E-state index in [1.54, 1.807) is 4.90 Å². The van der Waals surface area contributed by atoms with Gasteiger partial charge < -0.3 is 25.0 Å². The first-order chi connectivity index (χ1) is 13.4. The van der Waals surface area contributed by atoms with E-state index in [-0.39, 0.29) is 31.3 Å². The highest BCUT2D eigenvalue weighted by Crippen LogP contribution is 2.17. The van der Waals surface area contributed by atoms with E-state index in [1.165, 1.54) is 0 Å². The number of hydrogen-bond donors (Lipinski definition) is 3. The lowest BCUT2D eigenvalue weighted by atomic mass is 9.76. The van der Waals surface area contributed by atoms with E-state index < -0.39 is 19.2 Å².